The number of imidazole rings is 1. The number of aliphatic hydroxyl groups excluding tert-OH is 1. The molecule has 33 heavy (non-hydrogen) atoms. The monoisotopic (exact) mass is 493 g/mol. The molecular formula is C23H33Cl2N7O. The molecule has 3 atom stereocenters. The van der Waals surface area contributed by atoms with Gasteiger partial charge < -0.3 is 26.0 Å². The van der Waals surface area contributed by atoms with Crippen molar-refractivity contribution >= 4 is 47.7 Å². The van der Waals surface area contributed by atoms with Crippen molar-refractivity contribution in [2.45, 2.75) is 75.7 Å². The lowest BCUT2D eigenvalue weighted by atomic mass is 9.89. The third-order valence-electron chi connectivity index (χ3n) is 6.64. The van der Waals surface area contributed by atoms with E-state index in [9.17, 15) is 5.11 Å². The van der Waals surface area contributed by atoms with Crippen molar-refractivity contribution in [2.24, 2.45) is 5.73 Å². The second-order valence-electron chi connectivity index (χ2n) is 8.88. The summed E-state index contributed by atoms with van der Waals surface area (Å²) < 4.78 is 2.22. The van der Waals surface area contributed by atoms with Gasteiger partial charge in [0.25, 0.3) is 0 Å². The van der Waals surface area contributed by atoms with Crippen LogP contribution >= 0.6 is 24.8 Å². The molecule has 0 saturated heterocycles. The van der Waals surface area contributed by atoms with Crippen LogP contribution in [0.1, 0.15) is 56.6 Å². The van der Waals surface area contributed by atoms with E-state index < -0.39 is 6.10 Å². The molecule has 1 aromatic carbocycles. The van der Waals surface area contributed by atoms with Crippen LogP contribution in [0.5, 0.6) is 0 Å². The van der Waals surface area contributed by atoms with Gasteiger partial charge >= 0.3 is 0 Å². The molecule has 2 aliphatic rings. The molecule has 2 fully saturated rings. The lowest BCUT2D eigenvalue weighted by molar-refractivity contribution is 0.103. The Morgan fingerprint density at radius 2 is 1.79 bits per heavy atom. The van der Waals surface area contributed by atoms with Gasteiger partial charge in [-0.3, -0.25) is 0 Å². The predicted molar refractivity (Wildman–Crippen MR) is 136 cm³/mol. The van der Waals surface area contributed by atoms with Crippen LogP contribution in [-0.4, -0.2) is 42.8 Å². The number of rotatable bonds is 6. The zero-order chi connectivity index (χ0) is 21.2. The van der Waals surface area contributed by atoms with Gasteiger partial charge in [-0.1, -0.05) is 43.2 Å². The number of anilines is 2. The third kappa shape index (κ3) is 5.69. The Morgan fingerprint density at radius 3 is 2.52 bits per heavy atom. The minimum absolute atomic E-state index is 0. The molecule has 3 unspecified atom stereocenters. The fourth-order valence-electron chi connectivity index (χ4n) is 4.82. The largest absolute Gasteiger partial charge is 0.391 e. The first kappa shape index (κ1) is 25.5. The second kappa shape index (κ2) is 11.3. The van der Waals surface area contributed by atoms with Gasteiger partial charge in [0.2, 0.25) is 5.95 Å². The number of hydrogen-bond donors (Lipinski definition) is 4. The van der Waals surface area contributed by atoms with Crippen LogP contribution in [0.2, 0.25) is 0 Å². The van der Waals surface area contributed by atoms with Crippen molar-refractivity contribution in [2.75, 3.05) is 10.6 Å². The van der Waals surface area contributed by atoms with Crippen molar-refractivity contribution in [1.82, 2.24) is 19.5 Å². The standard InChI is InChI=1S/C23H31N7O.2ClH/c24-18-11-10-16(12-19(18)31)27-23-28-21(25-13-15-6-2-1-3-7-15)20-22(29-23)30(14-26-20)17-8-4-5-9-17;;/h1-3,6-7,14,16-19,31H,4-5,8-13,24H2,(H2,25,27,28,29);2*1H. The molecule has 2 aromatic heterocycles. The molecule has 0 aliphatic heterocycles. The lowest BCUT2D eigenvalue weighted by Gasteiger charge is -2.31. The summed E-state index contributed by atoms with van der Waals surface area (Å²) >= 11 is 0. The Hall–Kier alpha value is -2.13. The molecule has 2 saturated carbocycles. The van der Waals surface area contributed by atoms with Gasteiger partial charge in [-0.15, -0.1) is 24.8 Å². The van der Waals surface area contributed by atoms with Crippen LogP contribution in [0.15, 0.2) is 36.7 Å². The smallest absolute Gasteiger partial charge is 0.227 e. The van der Waals surface area contributed by atoms with E-state index in [1.807, 2.05) is 24.5 Å². The number of halogens is 2. The summed E-state index contributed by atoms with van der Waals surface area (Å²) in [6, 6.07) is 10.7. The molecule has 5 rings (SSSR count). The summed E-state index contributed by atoms with van der Waals surface area (Å²) in [4.78, 5) is 14.3. The molecule has 5 N–H and O–H groups in total. The topological polar surface area (TPSA) is 114 Å². The van der Waals surface area contributed by atoms with Gasteiger partial charge in [0.05, 0.1) is 12.4 Å². The molecule has 2 aliphatic carbocycles. The molecule has 180 valence electrons. The second-order valence-corrected chi connectivity index (χ2v) is 8.88. The van der Waals surface area contributed by atoms with E-state index in [1.165, 1.54) is 18.4 Å². The number of fused-ring (bicyclic) bond motifs is 1. The number of aromatic nitrogens is 4. The minimum Gasteiger partial charge on any atom is -0.391 e. The average molecular weight is 494 g/mol. The van der Waals surface area contributed by atoms with Crippen LogP contribution in [0.4, 0.5) is 11.8 Å². The maximum Gasteiger partial charge on any atom is 0.227 e. The number of benzene rings is 1. The zero-order valence-corrected chi connectivity index (χ0v) is 20.2. The Bertz CT molecular complexity index is 1030. The van der Waals surface area contributed by atoms with E-state index >= 15 is 0 Å². The minimum atomic E-state index is -0.491. The Labute approximate surface area is 206 Å². The summed E-state index contributed by atoms with van der Waals surface area (Å²) in [5, 5.41) is 17.1. The van der Waals surface area contributed by atoms with E-state index in [2.05, 4.69) is 32.3 Å². The number of nitrogens with one attached hydrogen (secondary N) is 2. The van der Waals surface area contributed by atoms with Crippen molar-refractivity contribution in [3.8, 4) is 0 Å². The molecular weight excluding hydrogens is 461 g/mol. The highest BCUT2D eigenvalue weighted by atomic mass is 35.5. The Balaban J connectivity index is 0.00000153. The average Bonchev–Trinajstić information content (AvgIpc) is 3.45. The van der Waals surface area contributed by atoms with Crippen LogP contribution in [0.25, 0.3) is 11.2 Å². The van der Waals surface area contributed by atoms with E-state index in [1.54, 1.807) is 0 Å². The number of aliphatic hydroxyl groups is 1. The van der Waals surface area contributed by atoms with E-state index in [-0.39, 0.29) is 36.9 Å². The number of nitrogens with zero attached hydrogens (tertiary/aromatic N) is 4. The Morgan fingerprint density at radius 1 is 1.03 bits per heavy atom. The van der Waals surface area contributed by atoms with Crippen molar-refractivity contribution < 1.29 is 5.11 Å². The van der Waals surface area contributed by atoms with Crippen molar-refractivity contribution in [1.29, 1.82) is 0 Å². The van der Waals surface area contributed by atoms with Crippen LogP contribution in [-0.2, 0) is 6.54 Å². The summed E-state index contributed by atoms with van der Waals surface area (Å²) in [7, 11) is 0. The third-order valence-corrected chi connectivity index (χ3v) is 6.64. The van der Waals surface area contributed by atoms with E-state index in [4.69, 9.17) is 15.7 Å². The molecule has 3 aromatic rings. The van der Waals surface area contributed by atoms with Crippen LogP contribution in [0.3, 0.4) is 0 Å². The highest BCUT2D eigenvalue weighted by Gasteiger charge is 2.28. The van der Waals surface area contributed by atoms with Crippen LogP contribution in [0, 0.1) is 0 Å². The van der Waals surface area contributed by atoms with E-state index in [0.717, 1.165) is 42.7 Å². The molecule has 10 heteroatoms. The lowest BCUT2D eigenvalue weighted by Crippen LogP contribution is -2.44. The number of hydrogen-bond acceptors (Lipinski definition) is 7. The maximum absolute atomic E-state index is 10.2. The molecule has 0 radical (unpaired) electrons. The normalized spacial score (nSPS) is 23.0. The van der Waals surface area contributed by atoms with Gasteiger partial charge in [-0.2, -0.15) is 9.97 Å². The molecule has 0 bridgehead atoms. The van der Waals surface area contributed by atoms with Crippen molar-refractivity contribution in [3.63, 3.8) is 0 Å². The van der Waals surface area contributed by atoms with E-state index in [0.29, 0.717) is 25.0 Å². The fraction of sp³-hybridized carbons (Fsp3) is 0.522. The quantitative estimate of drug-likeness (QED) is 0.409. The van der Waals surface area contributed by atoms with Gasteiger partial charge in [-0.25, -0.2) is 4.98 Å². The first-order chi connectivity index (χ1) is 15.2. The highest BCUT2D eigenvalue weighted by Crippen LogP contribution is 2.33. The summed E-state index contributed by atoms with van der Waals surface area (Å²) in [5.74, 6) is 1.32. The summed E-state index contributed by atoms with van der Waals surface area (Å²) in [6.45, 7) is 0.666. The maximum atomic E-state index is 10.2. The summed E-state index contributed by atoms with van der Waals surface area (Å²) in [6.07, 6.45) is 8.55. The van der Waals surface area contributed by atoms with Gasteiger partial charge in [0, 0.05) is 24.7 Å². The van der Waals surface area contributed by atoms with Crippen molar-refractivity contribution in [3.05, 3.63) is 42.2 Å². The molecule has 8 nitrogen and oxygen atoms in total. The van der Waals surface area contributed by atoms with Crippen LogP contribution < -0.4 is 16.4 Å². The fourth-order valence-corrected chi connectivity index (χ4v) is 4.82. The molecule has 0 amide bonds. The van der Waals surface area contributed by atoms with Gasteiger partial charge in [0.1, 0.15) is 0 Å². The zero-order valence-electron chi connectivity index (χ0n) is 18.6. The molecule has 2 heterocycles. The molecule has 0 spiro atoms. The highest BCUT2D eigenvalue weighted by molar-refractivity contribution is 5.86. The summed E-state index contributed by atoms with van der Waals surface area (Å²) in [5.41, 5.74) is 8.83. The number of nitrogens with two attached hydrogens (primary N) is 1. The predicted octanol–water partition coefficient (Wildman–Crippen LogP) is 4.05. The van der Waals surface area contributed by atoms with Gasteiger partial charge in [-0.05, 0) is 37.7 Å². The first-order valence-corrected chi connectivity index (χ1v) is 11.4. The SMILES string of the molecule is Cl.Cl.NC1CCC(Nc2nc(NCc3ccccc3)c3ncn(C4CCCC4)c3n2)CC1O. The van der Waals surface area contributed by atoms with Gasteiger partial charge in [0.15, 0.2) is 17.0 Å². The first-order valence-electron chi connectivity index (χ1n) is 11.4. The Kier molecular flexibility index (Phi) is 8.75.